The first kappa shape index (κ1) is 23.7. The normalized spacial score (nSPS) is 16.5. The van der Waals surface area contributed by atoms with E-state index >= 15 is 0 Å². The number of carbonyl (C=O) groups excluding carboxylic acids is 2. The van der Waals surface area contributed by atoms with Gasteiger partial charge in [-0.2, -0.15) is 5.26 Å². The molecular formula is C26H20N4O4S. The maximum absolute atomic E-state index is 13.5. The van der Waals surface area contributed by atoms with E-state index in [1.165, 1.54) is 17.0 Å². The van der Waals surface area contributed by atoms with Crippen LogP contribution in [0.25, 0.3) is 0 Å². The van der Waals surface area contributed by atoms with Gasteiger partial charge >= 0.3 is 0 Å². The van der Waals surface area contributed by atoms with Crippen molar-refractivity contribution in [2.75, 3.05) is 10.2 Å². The minimum atomic E-state index is -0.666. The van der Waals surface area contributed by atoms with E-state index < -0.39 is 16.1 Å². The van der Waals surface area contributed by atoms with Crippen molar-refractivity contribution in [1.82, 2.24) is 0 Å². The summed E-state index contributed by atoms with van der Waals surface area (Å²) in [6.45, 7) is 1.92. The second kappa shape index (κ2) is 10.2. The lowest BCUT2D eigenvalue weighted by molar-refractivity contribution is -0.384. The fraction of sp³-hybridized carbons (Fsp3) is 0.115. The summed E-state index contributed by atoms with van der Waals surface area (Å²) in [5.74, 6) is -0.928. The molecule has 1 heterocycles. The molecule has 1 saturated heterocycles. The summed E-state index contributed by atoms with van der Waals surface area (Å²) in [4.78, 5) is 38.6. The molecule has 8 nitrogen and oxygen atoms in total. The zero-order valence-corrected chi connectivity index (χ0v) is 19.5. The van der Waals surface area contributed by atoms with Gasteiger partial charge in [-0.05, 0) is 43.2 Å². The lowest BCUT2D eigenvalue weighted by Gasteiger charge is -2.19. The Hall–Kier alpha value is -4.42. The van der Waals surface area contributed by atoms with Crippen LogP contribution >= 0.6 is 11.8 Å². The van der Waals surface area contributed by atoms with Crippen LogP contribution in [0.4, 0.5) is 17.1 Å². The third kappa shape index (κ3) is 5.23. The van der Waals surface area contributed by atoms with Gasteiger partial charge in [-0.1, -0.05) is 59.8 Å². The highest BCUT2D eigenvalue weighted by molar-refractivity contribution is 8.05. The molecule has 0 bridgehead atoms. The fourth-order valence-corrected chi connectivity index (χ4v) is 4.95. The molecular weight excluding hydrogens is 464 g/mol. The van der Waals surface area contributed by atoms with Crippen molar-refractivity contribution in [3.63, 3.8) is 0 Å². The van der Waals surface area contributed by atoms with Crippen LogP contribution in [-0.4, -0.2) is 22.0 Å². The molecule has 3 aromatic rings. The number of benzene rings is 3. The Morgan fingerprint density at radius 1 is 1.11 bits per heavy atom. The fourth-order valence-electron chi connectivity index (χ4n) is 3.64. The molecule has 0 aliphatic carbocycles. The van der Waals surface area contributed by atoms with E-state index in [-0.39, 0.29) is 28.6 Å². The third-order valence-corrected chi connectivity index (χ3v) is 6.63. The summed E-state index contributed by atoms with van der Waals surface area (Å²) >= 11 is 1.11. The van der Waals surface area contributed by atoms with Crippen molar-refractivity contribution in [3.8, 4) is 6.07 Å². The molecule has 0 radical (unpaired) electrons. The van der Waals surface area contributed by atoms with E-state index in [4.69, 9.17) is 0 Å². The number of amides is 2. The number of nitrogens with one attached hydrogen (secondary N) is 1. The van der Waals surface area contributed by atoms with Gasteiger partial charge < -0.3 is 5.32 Å². The average molecular weight is 485 g/mol. The van der Waals surface area contributed by atoms with E-state index in [0.717, 1.165) is 17.3 Å². The molecule has 0 aromatic heterocycles. The highest BCUT2D eigenvalue weighted by atomic mass is 32.2. The molecule has 2 amide bonds. The molecule has 4 rings (SSSR count). The van der Waals surface area contributed by atoms with Gasteiger partial charge in [0.2, 0.25) is 5.91 Å². The van der Waals surface area contributed by atoms with E-state index in [9.17, 15) is 25.0 Å². The third-order valence-electron chi connectivity index (χ3n) is 5.37. The number of nitriles is 1. The first-order valence-electron chi connectivity index (χ1n) is 10.7. The summed E-state index contributed by atoms with van der Waals surface area (Å²) < 4.78 is 0. The smallest absolute Gasteiger partial charge is 0.269 e. The van der Waals surface area contributed by atoms with Crippen LogP contribution in [0.2, 0.25) is 0 Å². The molecule has 3 aromatic carbocycles. The van der Waals surface area contributed by atoms with Gasteiger partial charge in [0.25, 0.3) is 11.6 Å². The Balaban J connectivity index is 1.72. The van der Waals surface area contributed by atoms with Crippen LogP contribution < -0.4 is 10.2 Å². The Morgan fingerprint density at radius 2 is 1.83 bits per heavy atom. The SMILES string of the molecule is Cc1ccc(N2C(=O)C(Cc3cccc([N+](=O)[O-])c3)SC2=C(C#N)C(=O)Nc2ccccc2)cc1. The quantitative estimate of drug-likeness (QED) is 0.229. The Kier molecular flexibility index (Phi) is 6.94. The first-order valence-corrected chi connectivity index (χ1v) is 11.6. The van der Waals surface area contributed by atoms with Crippen LogP contribution in [0.1, 0.15) is 11.1 Å². The lowest BCUT2D eigenvalue weighted by atomic mass is 10.1. The van der Waals surface area contributed by atoms with Crippen LogP contribution in [0.3, 0.4) is 0 Å². The number of aryl methyl sites for hydroxylation is 1. The molecule has 1 aliphatic rings. The van der Waals surface area contributed by atoms with E-state index in [2.05, 4.69) is 5.32 Å². The Labute approximate surface area is 206 Å². The number of rotatable bonds is 6. The van der Waals surface area contributed by atoms with Crippen molar-refractivity contribution in [2.45, 2.75) is 18.6 Å². The predicted octanol–water partition coefficient (Wildman–Crippen LogP) is 4.97. The number of para-hydroxylation sites is 1. The van der Waals surface area contributed by atoms with Gasteiger partial charge in [-0.3, -0.25) is 24.6 Å². The number of thioether (sulfide) groups is 1. The van der Waals surface area contributed by atoms with Crippen molar-refractivity contribution in [2.24, 2.45) is 0 Å². The van der Waals surface area contributed by atoms with Gasteiger partial charge in [0.1, 0.15) is 16.7 Å². The zero-order valence-electron chi connectivity index (χ0n) is 18.7. The summed E-state index contributed by atoms with van der Waals surface area (Å²) in [6, 6.07) is 24.0. The summed E-state index contributed by atoms with van der Waals surface area (Å²) in [7, 11) is 0. The minimum Gasteiger partial charge on any atom is -0.321 e. The molecule has 0 saturated carbocycles. The van der Waals surface area contributed by atoms with Crippen molar-refractivity contribution in [3.05, 3.63) is 111 Å². The maximum Gasteiger partial charge on any atom is 0.269 e. The minimum absolute atomic E-state index is 0.0657. The van der Waals surface area contributed by atoms with E-state index in [1.54, 1.807) is 48.5 Å². The van der Waals surface area contributed by atoms with Gasteiger partial charge in [-0.15, -0.1) is 0 Å². The molecule has 1 aliphatic heterocycles. The topological polar surface area (TPSA) is 116 Å². The number of hydrogen-bond acceptors (Lipinski definition) is 6. The Morgan fingerprint density at radius 3 is 2.49 bits per heavy atom. The monoisotopic (exact) mass is 484 g/mol. The van der Waals surface area contributed by atoms with Gasteiger partial charge in [0.05, 0.1) is 10.2 Å². The molecule has 1 fully saturated rings. The summed E-state index contributed by atoms with van der Waals surface area (Å²) in [5, 5.41) is 23.3. The molecule has 174 valence electrons. The molecule has 1 N–H and O–H groups in total. The standard InChI is InChI=1S/C26H20N4O4S/c1-17-10-12-20(13-11-17)29-25(32)23(15-18-6-5-9-21(14-18)30(33)34)35-26(29)22(16-27)24(31)28-19-7-3-2-4-8-19/h2-14,23H,15H2,1H3,(H,28,31). The molecule has 1 unspecified atom stereocenters. The van der Waals surface area contributed by atoms with E-state index in [1.807, 2.05) is 31.2 Å². The number of non-ortho nitro benzene ring substituents is 1. The lowest BCUT2D eigenvalue weighted by Crippen LogP contribution is -2.30. The second-order valence-electron chi connectivity index (χ2n) is 7.86. The molecule has 35 heavy (non-hydrogen) atoms. The number of nitro groups is 1. The largest absolute Gasteiger partial charge is 0.321 e. The highest BCUT2D eigenvalue weighted by Crippen LogP contribution is 2.42. The highest BCUT2D eigenvalue weighted by Gasteiger charge is 2.41. The van der Waals surface area contributed by atoms with Gasteiger partial charge in [0, 0.05) is 23.5 Å². The van der Waals surface area contributed by atoms with Crippen molar-refractivity contribution in [1.29, 1.82) is 5.26 Å². The van der Waals surface area contributed by atoms with Crippen LogP contribution in [0.5, 0.6) is 0 Å². The summed E-state index contributed by atoms with van der Waals surface area (Å²) in [6.07, 6.45) is 0.204. The number of carbonyl (C=O) groups is 2. The van der Waals surface area contributed by atoms with Crippen molar-refractivity contribution >= 4 is 40.6 Å². The zero-order chi connectivity index (χ0) is 24.9. The van der Waals surface area contributed by atoms with Crippen LogP contribution in [-0.2, 0) is 16.0 Å². The number of hydrogen-bond donors (Lipinski definition) is 1. The van der Waals surface area contributed by atoms with Gasteiger partial charge in [0.15, 0.2) is 0 Å². The van der Waals surface area contributed by atoms with E-state index in [0.29, 0.717) is 16.9 Å². The van der Waals surface area contributed by atoms with Crippen molar-refractivity contribution < 1.29 is 14.5 Å². The second-order valence-corrected chi connectivity index (χ2v) is 9.05. The number of nitrogens with zero attached hydrogens (tertiary/aromatic N) is 3. The first-order chi connectivity index (χ1) is 16.9. The van der Waals surface area contributed by atoms with Gasteiger partial charge in [-0.25, -0.2) is 0 Å². The maximum atomic E-state index is 13.5. The summed E-state index contributed by atoms with van der Waals surface area (Å²) in [5.41, 5.74) is 2.41. The number of anilines is 2. The molecule has 9 heteroatoms. The van der Waals surface area contributed by atoms with Crippen LogP contribution in [0, 0.1) is 28.4 Å². The molecule has 1 atom stereocenters. The average Bonchev–Trinajstić information content (AvgIpc) is 3.16. The molecule has 0 spiro atoms. The number of nitro benzene ring substituents is 1. The Bertz CT molecular complexity index is 1360. The van der Waals surface area contributed by atoms with Crippen LogP contribution in [0.15, 0.2) is 89.5 Å². The predicted molar refractivity (Wildman–Crippen MR) is 135 cm³/mol.